The fraction of sp³-hybridized carbons (Fsp3) is 1.00. The van der Waals surface area contributed by atoms with Crippen molar-refractivity contribution in [2.75, 3.05) is 19.6 Å². The summed E-state index contributed by atoms with van der Waals surface area (Å²) in [7, 11) is 0. The van der Waals surface area contributed by atoms with E-state index in [0.29, 0.717) is 0 Å². The maximum atomic E-state index is 5.45. The quantitative estimate of drug-likeness (QED) is 0.480. The Morgan fingerprint density at radius 2 is 1.82 bits per heavy atom. The highest BCUT2D eigenvalue weighted by molar-refractivity contribution is 4.77. The van der Waals surface area contributed by atoms with Crippen molar-refractivity contribution in [1.82, 2.24) is 5.32 Å². The Bertz CT molecular complexity index is 91.3. The average Bonchev–Trinajstić information content (AvgIpc) is 1.87. The van der Waals surface area contributed by atoms with Gasteiger partial charge in [-0.2, -0.15) is 0 Å². The summed E-state index contributed by atoms with van der Waals surface area (Å²) >= 11 is 0. The summed E-state index contributed by atoms with van der Waals surface area (Å²) in [5.74, 6) is 0. The smallest absolute Gasteiger partial charge is 0.0137 e. The zero-order valence-corrected chi connectivity index (χ0v) is 7.69. The Labute approximate surface area is 69.5 Å². The zero-order chi connectivity index (χ0) is 8.74. The molecule has 0 aromatic carbocycles. The fourth-order valence-corrected chi connectivity index (χ4v) is 0.978. The average molecular weight is 159 g/mol. The summed E-state index contributed by atoms with van der Waals surface area (Å²) < 4.78 is 0. The van der Waals surface area contributed by atoms with Crippen LogP contribution in [0, 0.1) is 0 Å². The second-order valence-electron chi connectivity index (χ2n) is 3.49. The van der Waals surface area contributed by atoms with Gasteiger partial charge in [-0.25, -0.2) is 0 Å². The van der Waals surface area contributed by atoms with Gasteiger partial charge in [0.2, 0.25) is 0 Å². The van der Waals surface area contributed by atoms with E-state index < -0.39 is 0 Å². The number of hydrogen-bond acceptors (Lipinski definition) is 3. The SMILES string of the molecule is CC(C)(CCN)NCCCN. The molecule has 3 nitrogen and oxygen atoms in total. The number of rotatable bonds is 6. The normalized spacial score (nSPS) is 12.0. The van der Waals surface area contributed by atoms with Gasteiger partial charge in [0, 0.05) is 5.54 Å². The van der Waals surface area contributed by atoms with Crippen LogP contribution in [0.3, 0.4) is 0 Å². The first kappa shape index (κ1) is 10.9. The molecule has 5 N–H and O–H groups in total. The first-order valence-corrected chi connectivity index (χ1v) is 4.27. The van der Waals surface area contributed by atoms with Gasteiger partial charge in [-0.15, -0.1) is 0 Å². The third-order valence-corrected chi connectivity index (χ3v) is 1.75. The Kier molecular flexibility index (Phi) is 5.46. The van der Waals surface area contributed by atoms with E-state index in [-0.39, 0.29) is 5.54 Å². The Morgan fingerprint density at radius 3 is 2.27 bits per heavy atom. The summed E-state index contributed by atoms with van der Waals surface area (Å²) in [5.41, 5.74) is 11.0. The standard InChI is InChI=1S/C8H21N3/c1-8(2,4-6-10)11-7-3-5-9/h11H,3-7,9-10H2,1-2H3. The second-order valence-corrected chi connectivity index (χ2v) is 3.49. The van der Waals surface area contributed by atoms with Crippen molar-refractivity contribution in [3.63, 3.8) is 0 Å². The van der Waals surface area contributed by atoms with Crippen molar-refractivity contribution in [2.24, 2.45) is 11.5 Å². The zero-order valence-electron chi connectivity index (χ0n) is 7.69. The van der Waals surface area contributed by atoms with Crippen molar-refractivity contribution in [1.29, 1.82) is 0 Å². The topological polar surface area (TPSA) is 64.1 Å². The predicted octanol–water partition coefficient (Wildman–Crippen LogP) is 0.0522. The van der Waals surface area contributed by atoms with Gasteiger partial charge in [0.1, 0.15) is 0 Å². The van der Waals surface area contributed by atoms with Gasteiger partial charge in [0.15, 0.2) is 0 Å². The van der Waals surface area contributed by atoms with Crippen molar-refractivity contribution in [2.45, 2.75) is 32.2 Å². The fourth-order valence-electron chi connectivity index (χ4n) is 0.978. The van der Waals surface area contributed by atoms with E-state index in [1.54, 1.807) is 0 Å². The maximum Gasteiger partial charge on any atom is 0.0137 e. The molecule has 0 aliphatic carbocycles. The van der Waals surface area contributed by atoms with Crippen LogP contribution >= 0.6 is 0 Å². The molecule has 0 saturated carbocycles. The lowest BCUT2D eigenvalue weighted by Gasteiger charge is -2.25. The van der Waals surface area contributed by atoms with Crippen LogP contribution in [0.2, 0.25) is 0 Å². The largest absolute Gasteiger partial charge is 0.330 e. The summed E-state index contributed by atoms with van der Waals surface area (Å²) in [6, 6.07) is 0. The minimum Gasteiger partial charge on any atom is -0.330 e. The van der Waals surface area contributed by atoms with E-state index >= 15 is 0 Å². The van der Waals surface area contributed by atoms with E-state index in [9.17, 15) is 0 Å². The molecule has 68 valence electrons. The summed E-state index contributed by atoms with van der Waals surface area (Å²) in [6.07, 6.45) is 2.05. The molecule has 0 aliphatic heterocycles. The molecular formula is C8H21N3. The van der Waals surface area contributed by atoms with E-state index in [1.807, 2.05) is 0 Å². The molecule has 0 atom stereocenters. The third kappa shape index (κ3) is 6.28. The lowest BCUT2D eigenvalue weighted by atomic mass is 10.0. The lowest BCUT2D eigenvalue weighted by Crippen LogP contribution is -2.41. The van der Waals surface area contributed by atoms with Gasteiger partial charge in [0.05, 0.1) is 0 Å². The van der Waals surface area contributed by atoms with Crippen molar-refractivity contribution in [3.05, 3.63) is 0 Å². The van der Waals surface area contributed by atoms with Crippen LogP contribution in [0.25, 0.3) is 0 Å². The molecule has 0 fully saturated rings. The van der Waals surface area contributed by atoms with Crippen LogP contribution in [0.15, 0.2) is 0 Å². The molecule has 11 heavy (non-hydrogen) atoms. The van der Waals surface area contributed by atoms with Gasteiger partial charge in [-0.05, 0) is 46.3 Å². The van der Waals surface area contributed by atoms with Crippen LogP contribution in [0.1, 0.15) is 26.7 Å². The van der Waals surface area contributed by atoms with Gasteiger partial charge in [0.25, 0.3) is 0 Å². The van der Waals surface area contributed by atoms with Crippen LogP contribution in [0.5, 0.6) is 0 Å². The van der Waals surface area contributed by atoms with Crippen molar-refractivity contribution in [3.8, 4) is 0 Å². The highest BCUT2D eigenvalue weighted by Crippen LogP contribution is 2.05. The lowest BCUT2D eigenvalue weighted by molar-refractivity contribution is 0.366. The van der Waals surface area contributed by atoms with Crippen LogP contribution in [0.4, 0.5) is 0 Å². The molecule has 0 aliphatic rings. The second kappa shape index (κ2) is 5.52. The first-order chi connectivity index (χ1) is 5.12. The monoisotopic (exact) mass is 159 g/mol. The Balaban J connectivity index is 3.38. The third-order valence-electron chi connectivity index (χ3n) is 1.75. The minimum absolute atomic E-state index is 0.171. The van der Waals surface area contributed by atoms with Gasteiger partial charge in [-0.3, -0.25) is 0 Å². The molecule has 3 heteroatoms. The van der Waals surface area contributed by atoms with Gasteiger partial charge < -0.3 is 16.8 Å². The van der Waals surface area contributed by atoms with E-state index in [0.717, 1.165) is 32.5 Å². The summed E-state index contributed by atoms with van der Waals surface area (Å²) in [5, 5.41) is 3.40. The first-order valence-electron chi connectivity index (χ1n) is 4.27. The molecular weight excluding hydrogens is 138 g/mol. The Hall–Kier alpha value is -0.120. The molecule has 0 heterocycles. The Morgan fingerprint density at radius 1 is 1.18 bits per heavy atom. The molecule has 0 aromatic heterocycles. The van der Waals surface area contributed by atoms with Crippen LogP contribution in [-0.4, -0.2) is 25.2 Å². The molecule has 0 rings (SSSR count). The molecule has 0 spiro atoms. The van der Waals surface area contributed by atoms with Crippen molar-refractivity contribution < 1.29 is 0 Å². The molecule has 0 unspecified atom stereocenters. The van der Waals surface area contributed by atoms with E-state index in [4.69, 9.17) is 11.5 Å². The van der Waals surface area contributed by atoms with Crippen LogP contribution < -0.4 is 16.8 Å². The van der Waals surface area contributed by atoms with Gasteiger partial charge in [-0.1, -0.05) is 0 Å². The summed E-state index contributed by atoms with van der Waals surface area (Å²) in [4.78, 5) is 0. The summed E-state index contributed by atoms with van der Waals surface area (Å²) in [6.45, 7) is 6.81. The molecule has 0 amide bonds. The molecule has 0 saturated heterocycles. The number of hydrogen-bond donors (Lipinski definition) is 3. The maximum absolute atomic E-state index is 5.45. The van der Waals surface area contributed by atoms with Crippen LogP contribution in [-0.2, 0) is 0 Å². The number of nitrogens with two attached hydrogens (primary N) is 2. The van der Waals surface area contributed by atoms with E-state index in [2.05, 4.69) is 19.2 Å². The van der Waals surface area contributed by atoms with Crippen molar-refractivity contribution >= 4 is 0 Å². The highest BCUT2D eigenvalue weighted by atomic mass is 15.0. The number of nitrogens with one attached hydrogen (secondary N) is 1. The minimum atomic E-state index is 0.171. The highest BCUT2D eigenvalue weighted by Gasteiger charge is 2.13. The molecule has 0 radical (unpaired) electrons. The molecule has 0 aromatic rings. The molecule has 0 bridgehead atoms. The predicted molar refractivity (Wildman–Crippen MR) is 49.4 cm³/mol. The van der Waals surface area contributed by atoms with Gasteiger partial charge >= 0.3 is 0 Å². The van der Waals surface area contributed by atoms with E-state index in [1.165, 1.54) is 0 Å².